The molecule has 0 saturated heterocycles. The van der Waals surface area contributed by atoms with Crippen molar-refractivity contribution in [1.82, 2.24) is 0 Å². The molecule has 0 bridgehead atoms. The van der Waals surface area contributed by atoms with Crippen LogP contribution in [-0.4, -0.2) is 40.3 Å². The number of benzene rings is 2. The fourth-order valence-corrected chi connectivity index (χ4v) is 3.30. The zero-order chi connectivity index (χ0) is 19.3. The summed E-state index contributed by atoms with van der Waals surface area (Å²) in [6.45, 7) is -0.526. The molecule has 0 atom stereocenters. The minimum absolute atomic E-state index is 0.00120. The summed E-state index contributed by atoms with van der Waals surface area (Å²) < 4.78 is 33.2. The summed E-state index contributed by atoms with van der Waals surface area (Å²) in [4.78, 5) is 23.7. The SMILES string of the molecule is COc1ccc(NC(=O)COC(=O)c2ccc(Cl)c(S(C)(=O)=O)c2)cc1. The number of hydrogen-bond donors (Lipinski definition) is 1. The lowest BCUT2D eigenvalue weighted by Gasteiger charge is -2.08. The van der Waals surface area contributed by atoms with Crippen molar-refractivity contribution < 1.29 is 27.5 Å². The van der Waals surface area contributed by atoms with Crippen LogP contribution in [0.5, 0.6) is 5.75 Å². The summed E-state index contributed by atoms with van der Waals surface area (Å²) in [5, 5.41) is 2.56. The van der Waals surface area contributed by atoms with Crippen molar-refractivity contribution in [2.24, 2.45) is 0 Å². The number of amides is 1. The Morgan fingerprint density at radius 1 is 1.12 bits per heavy atom. The van der Waals surface area contributed by atoms with Gasteiger partial charge in [0, 0.05) is 11.9 Å². The van der Waals surface area contributed by atoms with Crippen LogP contribution in [0, 0.1) is 0 Å². The number of anilines is 1. The van der Waals surface area contributed by atoms with E-state index in [1.807, 2.05) is 0 Å². The molecule has 138 valence electrons. The van der Waals surface area contributed by atoms with Crippen LogP contribution in [0.3, 0.4) is 0 Å². The topological polar surface area (TPSA) is 98.8 Å². The van der Waals surface area contributed by atoms with E-state index >= 15 is 0 Å². The van der Waals surface area contributed by atoms with Crippen molar-refractivity contribution in [1.29, 1.82) is 0 Å². The first-order valence-corrected chi connectivity index (χ1v) is 9.58. The summed E-state index contributed by atoms with van der Waals surface area (Å²) in [6, 6.07) is 10.3. The van der Waals surface area contributed by atoms with E-state index in [9.17, 15) is 18.0 Å². The van der Waals surface area contributed by atoms with Gasteiger partial charge in [0.25, 0.3) is 5.91 Å². The molecule has 0 spiro atoms. The van der Waals surface area contributed by atoms with E-state index in [0.717, 1.165) is 12.3 Å². The molecule has 0 aliphatic rings. The van der Waals surface area contributed by atoms with Crippen molar-refractivity contribution in [3.05, 3.63) is 53.1 Å². The monoisotopic (exact) mass is 397 g/mol. The standard InChI is InChI=1S/C17H16ClNO6S/c1-24-13-6-4-12(5-7-13)19-16(20)10-25-17(21)11-3-8-14(18)15(9-11)26(2,22)23/h3-9H,10H2,1-2H3,(H,19,20). The van der Waals surface area contributed by atoms with Gasteiger partial charge in [-0.25, -0.2) is 13.2 Å². The fraction of sp³-hybridized carbons (Fsp3) is 0.176. The molecule has 9 heteroatoms. The average molecular weight is 398 g/mol. The fourth-order valence-electron chi connectivity index (χ4n) is 2.00. The van der Waals surface area contributed by atoms with E-state index in [-0.39, 0.29) is 15.5 Å². The lowest BCUT2D eigenvalue weighted by atomic mass is 10.2. The Bertz CT molecular complexity index is 925. The summed E-state index contributed by atoms with van der Waals surface area (Å²) in [5.74, 6) is -0.740. The smallest absolute Gasteiger partial charge is 0.338 e. The second-order valence-electron chi connectivity index (χ2n) is 5.27. The number of esters is 1. The second kappa shape index (κ2) is 8.20. The molecule has 2 aromatic rings. The van der Waals surface area contributed by atoms with Crippen LogP contribution < -0.4 is 10.1 Å². The molecule has 0 fully saturated rings. The maximum Gasteiger partial charge on any atom is 0.338 e. The summed E-state index contributed by atoms with van der Waals surface area (Å²) in [7, 11) is -2.07. The Labute approximate surface area is 155 Å². The van der Waals surface area contributed by atoms with Crippen molar-refractivity contribution in [3.8, 4) is 5.75 Å². The van der Waals surface area contributed by atoms with Crippen molar-refractivity contribution >= 4 is 39.0 Å². The van der Waals surface area contributed by atoms with Gasteiger partial charge in [-0.1, -0.05) is 11.6 Å². The van der Waals surface area contributed by atoms with Crippen LogP contribution in [-0.2, 0) is 19.4 Å². The quantitative estimate of drug-likeness (QED) is 0.752. The normalized spacial score (nSPS) is 10.9. The highest BCUT2D eigenvalue weighted by Gasteiger charge is 2.17. The van der Waals surface area contributed by atoms with E-state index in [2.05, 4.69) is 5.32 Å². The predicted molar refractivity (Wildman–Crippen MR) is 96.5 cm³/mol. The molecule has 0 aliphatic heterocycles. The molecule has 1 amide bonds. The Kier molecular flexibility index (Phi) is 6.23. The van der Waals surface area contributed by atoms with Crippen molar-refractivity contribution in [2.45, 2.75) is 4.90 Å². The van der Waals surface area contributed by atoms with E-state index in [1.54, 1.807) is 24.3 Å². The lowest BCUT2D eigenvalue weighted by Crippen LogP contribution is -2.21. The van der Waals surface area contributed by atoms with Crippen LogP contribution in [0.25, 0.3) is 0 Å². The number of sulfone groups is 1. The highest BCUT2D eigenvalue weighted by molar-refractivity contribution is 7.90. The van der Waals surface area contributed by atoms with E-state index in [4.69, 9.17) is 21.1 Å². The van der Waals surface area contributed by atoms with E-state index < -0.39 is 28.3 Å². The van der Waals surface area contributed by atoms with Gasteiger partial charge in [0.05, 0.1) is 22.6 Å². The first kappa shape index (κ1) is 19.7. The molecule has 0 saturated carbocycles. The Balaban J connectivity index is 1.98. The largest absolute Gasteiger partial charge is 0.497 e. The molecule has 7 nitrogen and oxygen atoms in total. The molecule has 0 aliphatic carbocycles. The maximum absolute atomic E-state index is 12.0. The minimum atomic E-state index is -3.60. The molecule has 0 heterocycles. The molecule has 1 N–H and O–H groups in total. The van der Waals surface area contributed by atoms with Gasteiger partial charge in [0.2, 0.25) is 0 Å². The number of hydrogen-bond acceptors (Lipinski definition) is 6. The first-order chi connectivity index (χ1) is 12.2. The van der Waals surface area contributed by atoms with Gasteiger partial charge in [-0.2, -0.15) is 0 Å². The number of ether oxygens (including phenoxy) is 2. The van der Waals surface area contributed by atoms with Crippen LogP contribution in [0.4, 0.5) is 5.69 Å². The molecular weight excluding hydrogens is 382 g/mol. The van der Waals surface area contributed by atoms with Crippen LogP contribution in [0.15, 0.2) is 47.4 Å². The zero-order valence-corrected chi connectivity index (χ0v) is 15.6. The van der Waals surface area contributed by atoms with Gasteiger partial charge in [-0.3, -0.25) is 4.79 Å². The number of carbonyl (C=O) groups excluding carboxylic acids is 2. The number of carbonyl (C=O) groups is 2. The third-order valence-corrected chi connectivity index (χ3v) is 4.85. The summed E-state index contributed by atoms with van der Waals surface area (Å²) in [5.41, 5.74) is 0.491. The minimum Gasteiger partial charge on any atom is -0.497 e. The molecule has 2 rings (SSSR count). The Morgan fingerprint density at radius 3 is 2.35 bits per heavy atom. The maximum atomic E-state index is 12.0. The average Bonchev–Trinajstić information content (AvgIpc) is 2.59. The Morgan fingerprint density at radius 2 is 1.77 bits per heavy atom. The molecule has 26 heavy (non-hydrogen) atoms. The van der Waals surface area contributed by atoms with Gasteiger partial charge in [-0.15, -0.1) is 0 Å². The first-order valence-electron chi connectivity index (χ1n) is 7.31. The third kappa shape index (κ3) is 5.21. The van der Waals surface area contributed by atoms with Gasteiger partial charge in [0.15, 0.2) is 16.4 Å². The van der Waals surface area contributed by atoms with Gasteiger partial charge in [0.1, 0.15) is 5.75 Å². The van der Waals surface area contributed by atoms with Gasteiger partial charge >= 0.3 is 5.97 Å². The molecule has 2 aromatic carbocycles. The third-order valence-electron chi connectivity index (χ3n) is 3.27. The molecule has 0 radical (unpaired) electrons. The number of nitrogens with one attached hydrogen (secondary N) is 1. The van der Waals surface area contributed by atoms with Crippen LogP contribution in [0.1, 0.15) is 10.4 Å². The molecule has 0 aromatic heterocycles. The van der Waals surface area contributed by atoms with E-state index in [1.165, 1.54) is 19.2 Å². The Hall–Kier alpha value is -2.58. The van der Waals surface area contributed by atoms with Crippen molar-refractivity contribution in [3.63, 3.8) is 0 Å². The second-order valence-corrected chi connectivity index (χ2v) is 7.66. The predicted octanol–water partition coefficient (Wildman–Crippen LogP) is 2.55. The van der Waals surface area contributed by atoms with Crippen LogP contribution >= 0.6 is 11.6 Å². The number of methoxy groups -OCH3 is 1. The molecule has 0 unspecified atom stereocenters. The number of halogens is 1. The van der Waals surface area contributed by atoms with E-state index in [0.29, 0.717) is 11.4 Å². The highest BCUT2D eigenvalue weighted by Crippen LogP contribution is 2.23. The highest BCUT2D eigenvalue weighted by atomic mass is 35.5. The summed E-state index contributed by atoms with van der Waals surface area (Å²) >= 11 is 5.82. The lowest BCUT2D eigenvalue weighted by molar-refractivity contribution is -0.119. The van der Waals surface area contributed by atoms with Gasteiger partial charge < -0.3 is 14.8 Å². The van der Waals surface area contributed by atoms with Crippen LogP contribution in [0.2, 0.25) is 5.02 Å². The van der Waals surface area contributed by atoms with Gasteiger partial charge in [-0.05, 0) is 42.5 Å². The van der Waals surface area contributed by atoms with Crippen molar-refractivity contribution in [2.75, 3.05) is 25.3 Å². The zero-order valence-electron chi connectivity index (χ0n) is 14.0. The molecular formula is C17H16ClNO6S. The summed E-state index contributed by atoms with van der Waals surface area (Å²) in [6.07, 6.45) is 0.978. The number of rotatable bonds is 6.